The number of carbonyl (C=O) groups is 1. The summed E-state index contributed by atoms with van der Waals surface area (Å²) in [5.41, 5.74) is 3.22. The van der Waals surface area contributed by atoms with Crippen molar-refractivity contribution in [2.75, 3.05) is 0 Å². The molecule has 0 aliphatic heterocycles. The lowest BCUT2D eigenvalue weighted by Gasteiger charge is -2.21. The molecule has 1 aliphatic rings. The third kappa shape index (κ3) is 6.23. The first kappa shape index (κ1) is 19.7. The van der Waals surface area contributed by atoms with E-state index in [9.17, 15) is 4.79 Å². The second-order valence-electron chi connectivity index (χ2n) is 7.88. The predicted molar refractivity (Wildman–Crippen MR) is 111 cm³/mol. The quantitative estimate of drug-likeness (QED) is 0.382. The smallest absolute Gasteiger partial charge is 0.343 e. The molecule has 144 valence electrons. The zero-order chi connectivity index (χ0) is 18.9. The molecular formula is C25H32O2. The van der Waals surface area contributed by atoms with E-state index >= 15 is 0 Å². The van der Waals surface area contributed by atoms with Gasteiger partial charge in [0.25, 0.3) is 0 Å². The van der Waals surface area contributed by atoms with Crippen LogP contribution in [0.15, 0.2) is 48.5 Å². The fourth-order valence-corrected chi connectivity index (χ4v) is 3.93. The fraction of sp³-hybridized carbons (Fsp3) is 0.480. The monoisotopic (exact) mass is 364 g/mol. The van der Waals surface area contributed by atoms with Gasteiger partial charge in [0.15, 0.2) is 0 Å². The Bertz CT molecular complexity index is 694. The molecule has 0 N–H and O–H groups in total. The third-order valence-electron chi connectivity index (χ3n) is 5.71. The van der Waals surface area contributed by atoms with Crippen LogP contribution in [0.25, 0.3) is 0 Å². The standard InChI is InChI=1S/C25H32O2/c1-2-3-7-21-12-16-23(17-13-21)25(26)27-24-18-14-22(15-19-24)11-10-20-8-5-4-6-9-20/h12-20H,2-11H2,1H3. The van der Waals surface area contributed by atoms with E-state index in [2.05, 4.69) is 19.1 Å². The summed E-state index contributed by atoms with van der Waals surface area (Å²) in [6, 6.07) is 15.8. The average Bonchev–Trinajstić information content (AvgIpc) is 2.73. The minimum Gasteiger partial charge on any atom is -0.423 e. The lowest BCUT2D eigenvalue weighted by atomic mass is 9.85. The maximum atomic E-state index is 12.3. The van der Waals surface area contributed by atoms with Gasteiger partial charge in [0.2, 0.25) is 0 Å². The number of hydrogen-bond donors (Lipinski definition) is 0. The summed E-state index contributed by atoms with van der Waals surface area (Å²) in [7, 11) is 0. The second-order valence-corrected chi connectivity index (χ2v) is 7.88. The van der Waals surface area contributed by atoms with Gasteiger partial charge in [-0.1, -0.05) is 69.7 Å². The van der Waals surface area contributed by atoms with Crippen LogP contribution in [0.1, 0.15) is 79.8 Å². The molecule has 0 heterocycles. The van der Waals surface area contributed by atoms with Gasteiger partial charge in [0, 0.05) is 0 Å². The van der Waals surface area contributed by atoms with Crippen molar-refractivity contribution in [1.82, 2.24) is 0 Å². The summed E-state index contributed by atoms with van der Waals surface area (Å²) in [5.74, 6) is 1.24. The molecule has 0 saturated heterocycles. The van der Waals surface area contributed by atoms with Gasteiger partial charge in [0.1, 0.15) is 5.75 Å². The molecule has 1 saturated carbocycles. The van der Waals surface area contributed by atoms with Gasteiger partial charge >= 0.3 is 5.97 Å². The number of benzene rings is 2. The number of hydrogen-bond acceptors (Lipinski definition) is 2. The summed E-state index contributed by atoms with van der Waals surface area (Å²) in [4.78, 5) is 12.3. The molecule has 0 atom stereocenters. The third-order valence-corrected chi connectivity index (χ3v) is 5.71. The van der Waals surface area contributed by atoms with Crippen LogP contribution in [-0.4, -0.2) is 5.97 Å². The normalized spacial score (nSPS) is 14.9. The largest absolute Gasteiger partial charge is 0.423 e. The Kier molecular flexibility index (Phi) is 7.50. The van der Waals surface area contributed by atoms with Crippen LogP contribution >= 0.6 is 0 Å². The van der Waals surface area contributed by atoms with Crippen molar-refractivity contribution in [2.24, 2.45) is 5.92 Å². The number of unbranched alkanes of at least 4 members (excludes halogenated alkanes) is 1. The van der Waals surface area contributed by atoms with Crippen LogP contribution in [0.4, 0.5) is 0 Å². The van der Waals surface area contributed by atoms with Crippen molar-refractivity contribution < 1.29 is 9.53 Å². The van der Waals surface area contributed by atoms with Gasteiger partial charge in [-0.15, -0.1) is 0 Å². The Morgan fingerprint density at radius 2 is 1.52 bits per heavy atom. The number of rotatable bonds is 8. The van der Waals surface area contributed by atoms with Crippen molar-refractivity contribution in [2.45, 2.75) is 71.1 Å². The van der Waals surface area contributed by atoms with Gasteiger partial charge in [-0.2, -0.15) is 0 Å². The molecule has 0 unspecified atom stereocenters. The van der Waals surface area contributed by atoms with Crippen molar-refractivity contribution in [3.05, 3.63) is 65.2 Å². The Labute approximate surface area is 164 Å². The lowest BCUT2D eigenvalue weighted by Crippen LogP contribution is -2.09. The molecule has 0 aromatic heterocycles. The van der Waals surface area contributed by atoms with Gasteiger partial charge in [0.05, 0.1) is 5.56 Å². The molecule has 2 nitrogen and oxygen atoms in total. The van der Waals surface area contributed by atoms with Crippen LogP contribution in [-0.2, 0) is 12.8 Å². The summed E-state index contributed by atoms with van der Waals surface area (Å²) in [6.45, 7) is 2.19. The van der Waals surface area contributed by atoms with E-state index in [0.717, 1.165) is 18.8 Å². The maximum absolute atomic E-state index is 12.3. The topological polar surface area (TPSA) is 26.3 Å². The van der Waals surface area contributed by atoms with Crippen LogP contribution in [0.2, 0.25) is 0 Å². The van der Waals surface area contributed by atoms with E-state index in [0.29, 0.717) is 11.3 Å². The maximum Gasteiger partial charge on any atom is 0.343 e. The highest BCUT2D eigenvalue weighted by atomic mass is 16.5. The number of aryl methyl sites for hydroxylation is 2. The van der Waals surface area contributed by atoms with E-state index < -0.39 is 0 Å². The van der Waals surface area contributed by atoms with Crippen LogP contribution in [0.5, 0.6) is 5.75 Å². The van der Waals surface area contributed by atoms with E-state index in [-0.39, 0.29) is 5.97 Å². The Balaban J connectivity index is 1.49. The molecule has 27 heavy (non-hydrogen) atoms. The zero-order valence-corrected chi connectivity index (χ0v) is 16.6. The van der Waals surface area contributed by atoms with E-state index in [1.165, 1.54) is 62.5 Å². The molecule has 2 aromatic carbocycles. The highest BCUT2D eigenvalue weighted by Gasteiger charge is 2.13. The minimum absolute atomic E-state index is 0.285. The average molecular weight is 365 g/mol. The zero-order valence-electron chi connectivity index (χ0n) is 16.6. The van der Waals surface area contributed by atoms with Gasteiger partial charge in [-0.3, -0.25) is 0 Å². The highest BCUT2D eigenvalue weighted by molar-refractivity contribution is 5.91. The molecule has 2 aromatic rings. The molecular weight excluding hydrogens is 332 g/mol. The summed E-state index contributed by atoms with van der Waals surface area (Å²) in [5, 5.41) is 0. The Morgan fingerprint density at radius 1 is 0.889 bits per heavy atom. The van der Waals surface area contributed by atoms with Gasteiger partial charge in [-0.25, -0.2) is 4.79 Å². The minimum atomic E-state index is -0.285. The summed E-state index contributed by atoms with van der Waals surface area (Å²) >= 11 is 0. The molecule has 0 bridgehead atoms. The first-order valence-corrected chi connectivity index (χ1v) is 10.6. The van der Waals surface area contributed by atoms with Crippen molar-refractivity contribution in [3.63, 3.8) is 0 Å². The molecule has 3 rings (SSSR count). The number of esters is 1. The van der Waals surface area contributed by atoms with E-state index in [1.807, 2.05) is 36.4 Å². The van der Waals surface area contributed by atoms with Crippen molar-refractivity contribution in [3.8, 4) is 5.75 Å². The molecule has 1 fully saturated rings. The first-order valence-electron chi connectivity index (χ1n) is 10.6. The van der Waals surface area contributed by atoms with Crippen LogP contribution in [0, 0.1) is 5.92 Å². The van der Waals surface area contributed by atoms with Gasteiger partial charge in [-0.05, 0) is 67.0 Å². The summed E-state index contributed by atoms with van der Waals surface area (Å²) in [6.07, 6.45) is 12.8. The molecule has 0 spiro atoms. The SMILES string of the molecule is CCCCc1ccc(C(=O)Oc2ccc(CCC3CCCCC3)cc2)cc1. The van der Waals surface area contributed by atoms with Crippen molar-refractivity contribution in [1.29, 1.82) is 0 Å². The fourth-order valence-electron chi connectivity index (χ4n) is 3.93. The lowest BCUT2D eigenvalue weighted by molar-refractivity contribution is 0.0734. The number of ether oxygens (including phenoxy) is 1. The van der Waals surface area contributed by atoms with Crippen LogP contribution < -0.4 is 4.74 Å². The molecule has 2 heteroatoms. The Morgan fingerprint density at radius 3 is 2.19 bits per heavy atom. The first-order chi connectivity index (χ1) is 13.2. The second kappa shape index (κ2) is 10.3. The molecule has 1 aliphatic carbocycles. The predicted octanol–water partition coefficient (Wildman–Crippen LogP) is 6.76. The van der Waals surface area contributed by atoms with E-state index in [4.69, 9.17) is 4.74 Å². The van der Waals surface area contributed by atoms with Crippen molar-refractivity contribution >= 4 is 5.97 Å². The van der Waals surface area contributed by atoms with Gasteiger partial charge < -0.3 is 4.74 Å². The molecule has 0 radical (unpaired) electrons. The van der Waals surface area contributed by atoms with Crippen LogP contribution in [0.3, 0.4) is 0 Å². The number of carbonyl (C=O) groups excluding carboxylic acids is 1. The Hall–Kier alpha value is -2.09. The highest BCUT2D eigenvalue weighted by Crippen LogP contribution is 2.27. The van der Waals surface area contributed by atoms with E-state index in [1.54, 1.807) is 0 Å². The molecule has 0 amide bonds. The summed E-state index contributed by atoms with van der Waals surface area (Å²) < 4.78 is 5.53.